The highest BCUT2D eigenvalue weighted by Crippen LogP contribution is 2.19. The normalized spacial score (nSPS) is 11.5. The van der Waals surface area contributed by atoms with Crippen LogP contribution in [0.1, 0.15) is 23.6 Å². The summed E-state index contributed by atoms with van der Waals surface area (Å²) >= 11 is 6.05. The molecule has 33 heavy (non-hydrogen) atoms. The molecule has 172 valence electrons. The van der Waals surface area contributed by atoms with Crippen molar-refractivity contribution >= 4 is 23.4 Å². The number of hydrogen-bond donors (Lipinski definition) is 1. The maximum Gasteiger partial charge on any atom is 0.243 e. The highest BCUT2D eigenvalue weighted by Gasteiger charge is 2.30. The average Bonchev–Trinajstić information content (AvgIpc) is 2.83. The first-order valence-corrected chi connectivity index (χ1v) is 11.4. The zero-order chi connectivity index (χ0) is 23.6. The van der Waals surface area contributed by atoms with Gasteiger partial charge in [0.1, 0.15) is 11.8 Å². The van der Waals surface area contributed by atoms with Crippen molar-refractivity contribution in [3.63, 3.8) is 0 Å². The van der Waals surface area contributed by atoms with E-state index in [0.717, 1.165) is 22.4 Å². The Labute approximate surface area is 200 Å². The molecule has 1 atom stereocenters. The molecule has 0 heterocycles. The SMILES string of the molecule is CCNC(=O)C(Cc1ccccc1)N(Cc1ccc(Cl)cc1)C(=O)Cc1ccc(OC)cc1. The summed E-state index contributed by atoms with van der Waals surface area (Å²) in [7, 11) is 1.61. The first-order valence-electron chi connectivity index (χ1n) is 11.0. The van der Waals surface area contributed by atoms with Crippen molar-refractivity contribution in [1.82, 2.24) is 10.2 Å². The van der Waals surface area contributed by atoms with Crippen LogP contribution in [-0.4, -0.2) is 36.4 Å². The summed E-state index contributed by atoms with van der Waals surface area (Å²) < 4.78 is 5.21. The fraction of sp³-hybridized carbons (Fsp3) is 0.259. The van der Waals surface area contributed by atoms with Gasteiger partial charge in [-0.3, -0.25) is 9.59 Å². The fourth-order valence-corrected chi connectivity index (χ4v) is 3.78. The Balaban J connectivity index is 1.92. The van der Waals surface area contributed by atoms with Crippen molar-refractivity contribution in [3.8, 4) is 5.75 Å². The van der Waals surface area contributed by atoms with Gasteiger partial charge < -0.3 is 15.0 Å². The molecule has 0 spiro atoms. The molecule has 2 amide bonds. The summed E-state index contributed by atoms with van der Waals surface area (Å²) in [4.78, 5) is 28.4. The van der Waals surface area contributed by atoms with Crippen LogP contribution in [0.4, 0.5) is 0 Å². The number of amides is 2. The third-order valence-electron chi connectivity index (χ3n) is 5.40. The molecule has 0 aromatic heterocycles. The number of rotatable bonds is 10. The monoisotopic (exact) mass is 464 g/mol. The second kappa shape index (κ2) is 12.1. The Hall–Kier alpha value is -3.31. The third-order valence-corrected chi connectivity index (χ3v) is 5.65. The van der Waals surface area contributed by atoms with Crippen molar-refractivity contribution < 1.29 is 14.3 Å². The predicted molar refractivity (Wildman–Crippen MR) is 131 cm³/mol. The molecule has 1 N–H and O–H groups in total. The van der Waals surface area contributed by atoms with Gasteiger partial charge >= 0.3 is 0 Å². The Bertz CT molecular complexity index is 1040. The Morgan fingerprint density at radius 3 is 2.15 bits per heavy atom. The number of methoxy groups -OCH3 is 1. The van der Waals surface area contributed by atoms with Gasteiger partial charge in [0.05, 0.1) is 13.5 Å². The zero-order valence-corrected chi connectivity index (χ0v) is 19.7. The van der Waals surface area contributed by atoms with Crippen LogP contribution in [-0.2, 0) is 29.0 Å². The minimum Gasteiger partial charge on any atom is -0.497 e. The lowest BCUT2D eigenvalue weighted by atomic mass is 10.0. The van der Waals surface area contributed by atoms with E-state index in [1.807, 2.05) is 73.7 Å². The standard InChI is InChI=1S/C27H29ClN2O3/c1-3-29-27(32)25(17-20-7-5-4-6-8-20)30(19-22-9-13-23(28)14-10-22)26(31)18-21-11-15-24(33-2)16-12-21/h4-16,25H,3,17-19H2,1-2H3,(H,29,32). The highest BCUT2D eigenvalue weighted by molar-refractivity contribution is 6.30. The van der Waals surface area contributed by atoms with Crippen molar-refractivity contribution in [3.05, 3.63) is 101 Å². The van der Waals surface area contributed by atoms with Gasteiger partial charge in [-0.05, 0) is 47.9 Å². The second-order valence-electron chi connectivity index (χ2n) is 7.77. The van der Waals surface area contributed by atoms with E-state index in [1.165, 1.54) is 0 Å². The molecule has 0 aliphatic rings. The van der Waals surface area contributed by atoms with E-state index in [0.29, 0.717) is 24.5 Å². The van der Waals surface area contributed by atoms with Gasteiger partial charge in [0, 0.05) is 24.5 Å². The number of hydrogen-bond acceptors (Lipinski definition) is 3. The fourth-order valence-electron chi connectivity index (χ4n) is 3.65. The average molecular weight is 465 g/mol. The Morgan fingerprint density at radius 2 is 1.55 bits per heavy atom. The first kappa shape index (κ1) is 24.3. The predicted octanol–water partition coefficient (Wildman–Crippen LogP) is 4.67. The van der Waals surface area contributed by atoms with E-state index in [-0.39, 0.29) is 18.2 Å². The number of nitrogens with one attached hydrogen (secondary N) is 1. The number of benzene rings is 3. The van der Waals surface area contributed by atoms with E-state index in [9.17, 15) is 9.59 Å². The summed E-state index contributed by atoms with van der Waals surface area (Å²) in [6, 6.07) is 23.9. The first-order chi connectivity index (χ1) is 16.0. The van der Waals surface area contributed by atoms with Crippen molar-refractivity contribution in [1.29, 1.82) is 0 Å². The third kappa shape index (κ3) is 7.09. The Kier molecular flexibility index (Phi) is 8.90. The molecule has 3 aromatic rings. The van der Waals surface area contributed by atoms with Gasteiger partial charge in [0.2, 0.25) is 11.8 Å². The molecule has 0 saturated heterocycles. The topological polar surface area (TPSA) is 58.6 Å². The van der Waals surface area contributed by atoms with Gasteiger partial charge in [0.25, 0.3) is 0 Å². The second-order valence-corrected chi connectivity index (χ2v) is 8.21. The highest BCUT2D eigenvalue weighted by atomic mass is 35.5. The lowest BCUT2D eigenvalue weighted by molar-refractivity contribution is -0.140. The molecule has 0 aliphatic carbocycles. The number of halogens is 1. The molecule has 0 aliphatic heterocycles. The van der Waals surface area contributed by atoms with Crippen LogP contribution < -0.4 is 10.1 Å². The number of carbonyl (C=O) groups excluding carboxylic acids is 2. The quantitative estimate of drug-likeness (QED) is 0.474. The van der Waals surface area contributed by atoms with E-state index < -0.39 is 6.04 Å². The van der Waals surface area contributed by atoms with Gasteiger partial charge in [-0.1, -0.05) is 66.2 Å². The number of carbonyl (C=O) groups is 2. The summed E-state index contributed by atoms with van der Waals surface area (Å²) in [6.07, 6.45) is 0.608. The number of nitrogens with zero attached hydrogens (tertiary/aromatic N) is 1. The van der Waals surface area contributed by atoms with Crippen LogP contribution in [0.15, 0.2) is 78.9 Å². The smallest absolute Gasteiger partial charge is 0.243 e. The van der Waals surface area contributed by atoms with Gasteiger partial charge in [0.15, 0.2) is 0 Å². The lowest BCUT2D eigenvalue weighted by Gasteiger charge is -2.31. The van der Waals surface area contributed by atoms with Gasteiger partial charge in [-0.25, -0.2) is 0 Å². The molecule has 0 saturated carbocycles. The molecule has 5 nitrogen and oxygen atoms in total. The molecule has 0 fully saturated rings. The van der Waals surface area contributed by atoms with Crippen molar-refractivity contribution in [2.75, 3.05) is 13.7 Å². The van der Waals surface area contributed by atoms with Crippen LogP contribution in [0.5, 0.6) is 5.75 Å². The molecule has 0 radical (unpaired) electrons. The summed E-state index contributed by atoms with van der Waals surface area (Å²) in [5.41, 5.74) is 2.76. The largest absolute Gasteiger partial charge is 0.497 e. The van der Waals surface area contributed by atoms with Gasteiger partial charge in [-0.15, -0.1) is 0 Å². The summed E-state index contributed by atoms with van der Waals surface area (Å²) in [5.74, 6) is 0.439. The molecular formula is C27H29ClN2O3. The molecule has 6 heteroatoms. The van der Waals surface area contributed by atoms with E-state index in [4.69, 9.17) is 16.3 Å². The van der Waals surface area contributed by atoms with Crippen LogP contribution >= 0.6 is 11.6 Å². The zero-order valence-electron chi connectivity index (χ0n) is 19.0. The molecular weight excluding hydrogens is 436 g/mol. The van der Waals surface area contributed by atoms with Crippen LogP contribution in [0.25, 0.3) is 0 Å². The maximum absolute atomic E-state index is 13.6. The Morgan fingerprint density at radius 1 is 0.909 bits per heavy atom. The number of likely N-dealkylation sites (N-methyl/N-ethyl adjacent to an activating group) is 1. The number of ether oxygens (including phenoxy) is 1. The van der Waals surface area contributed by atoms with Crippen LogP contribution in [0.3, 0.4) is 0 Å². The van der Waals surface area contributed by atoms with E-state index in [1.54, 1.807) is 24.1 Å². The molecule has 0 bridgehead atoms. The van der Waals surface area contributed by atoms with E-state index in [2.05, 4.69) is 5.32 Å². The van der Waals surface area contributed by atoms with Gasteiger partial charge in [-0.2, -0.15) is 0 Å². The van der Waals surface area contributed by atoms with Crippen LogP contribution in [0, 0.1) is 0 Å². The molecule has 3 aromatic carbocycles. The molecule has 1 unspecified atom stereocenters. The van der Waals surface area contributed by atoms with Crippen LogP contribution in [0.2, 0.25) is 5.02 Å². The summed E-state index contributed by atoms with van der Waals surface area (Å²) in [5, 5.41) is 3.53. The molecule has 3 rings (SSSR count). The van der Waals surface area contributed by atoms with Crippen molar-refractivity contribution in [2.24, 2.45) is 0 Å². The lowest BCUT2D eigenvalue weighted by Crippen LogP contribution is -2.50. The van der Waals surface area contributed by atoms with E-state index >= 15 is 0 Å². The maximum atomic E-state index is 13.6. The minimum atomic E-state index is -0.645. The minimum absolute atomic E-state index is 0.123. The summed E-state index contributed by atoms with van der Waals surface area (Å²) in [6.45, 7) is 2.67. The van der Waals surface area contributed by atoms with Crippen molar-refractivity contribution in [2.45, 2.75) is 32.4 Å².